The van der Waals surface area contributed by atoms with Crippen LogP contribution < -0.4 is 14.4 Å². The van der Waals surface area contributed by atoms with Crippen LogP contribution in [-0.4, -0.2) is 100 Å². The minimum Gasteiger partial charge on any atom is -0.491 e. The summed E-state index contributed by atoms with van der Waals surface area (Å²) in [7, 11) is 1.64. The third-order valence-corrected chi connectivity index (χ3v) is 9.47. The van der Waals surface area contributed by atoms with Crippen molar-refractivity contribution in [2.24, 2.45) is 0 Å². The van der Waals surface area contributed by atoms with Gasteiger partial charge in [0.2, 0.25) is 5.88 Å². The Morgan fingerprint density at radius 1 is 1.02 bits per heavy atom. The van der Waals surface area contributed by atoms with E-state index in [4.69, 9.17) is 19.2 Å². The summed E-state index contributed by atoms with van der Waals surface area (Å²) >= 11 is 0. The Kier molecular flexibility index (Phi) is 6.62. The highest BCUT2D eigenvalue weighted by atomic mass is 16.5. The summed E-state index contributed by atoms with van der Waals surface area (Å²) < 4.78 is 18.9. The Balaban J connectivity index is 0.962. The standard InChI is InChI=1S/C32H34N8O3/c1-41-31-5-2-21(12-35-31)15-39-24-8-25(39)17-38(16-24)30-4-3-22(13-34-30)29-10-28(19-40-32(29)23(11-33)14-36-40)42-7-6-37-18-27-9-26(37)20-43-27/h2-5,10,12-14,19,24-27H,6-9,15-18,20H2,1H3/t24?,25?,26-,27-/m0/s1. The number of piperazine rings is 1. The SMILES string of the molecule is COc1ccc(CN2C3CC2CN(c2ccc(-c4cc(OCCN5C[C@@H]6C[C@H]5CO6)cn5ncc(C#N)c45)cn2)C3)cn1. The second-order valence-electron chi connectivity index (χ2n) is 12.0. The van der Waals surface area contributed by atoms with Crippen molar-refractivity contribution in [1.29, 1.82) is 5.26 Å². The number of methoxy groups -OCH3 is 1. The van der Waals surface area contributed by atoms with E-state index < -0.39 is 0 Å². The maximum Gasteiger partial charge on any atom is 0.212 e. The van der Waals surface area contributed by atoms with Gasteiger partial charge in [0, 0.05) is 80.4 Å². The maximum atomic E-state index is 9.78. The highest BCUT2D eigenvalue weighted by Crippen LogP contribution is 2.37. The van der Waals surface area contributed by atoms with Crippen LogP contribution in [0.15, 0.2) is 55.1 Å². The van der Waals surface area contributed by atoms with E-state index in [1.165, 1.54) is 12.0 Å². The molecule has 4 bridgehead atoms. The molecule has 0 aromatic carbocycles. The monoisotopic (exact) mass is 578 g/mol. The van der Waals surface area contributed by atoms with Gasteiger partial charge in [-0.3, -0.25) is 9.80 Å². The summed E-state index contributed by atoms with van der Waals surface area (Å²) in [5, 5.41) is 14.2. The summed E-state index contributed by atoms with van der Waals surface area (Å²) in [5.41, 5.74) is 4.32. The molecule has 220 valence electrons. The minimum absolute atomic E-state index is 0.378. The zero-order valence-corrected chi connectivity index (χ0v) is 24.2. The number of nitrogens with zero attached hydrogens (tertiary/aromatic N) is 8. The molecule has 5 saturated heterocycles. The number of likely N-dealkylation sites (tertiary alicyclic amines) is 1. The molecule has 9 heterocycles. The average molecular weight is 579 g/mol. The van der Waals surface area contributed by atoms with Crippen molar-refractivity contribution < 1.29 is 14.2 Å². The number of rotatable bonds is 9. The van der Waals surface area contributed by atoms with Crippen molar-refractivity contribution in [2.45, 2.75) is 43.6 Å². The molecule has 5 aliphatic heterocycles. The van der Waals surface area contributed by atoms with Gasteiger partial charge in [0.15, 0.2) is 0 Å². The van der Waals surface area contributed by atoms with Gasteiger partial charge in [-0.25, -0.2) is 14.5 Å². The molecule has 0 radical (unpaired) electrons. The molecule has 43 heavy (non-hydrogen) atoms. The van der Waals surface area contributed by atoms with Crippen molar-refractivity contribution in [3.8, 4) is 28.8 Å². The number of pyridine rings is 3. The van der Waals surface area contributed by atoms with E-state index in [-0.39, 0.29) is 0 Å². The Hall–Kier alpha value is -4.24. The van der Waals surface area contributed by atoms with Crippen molar-refractivity contribution in [1.82, 2.24) is 29.4 Å². The van der Waals surface area contributed by atoms with Gasteiger partial charge in [0.05, 0.1) is 43.3 Å². The summed E-state index contributed by atoms with van der Waals surface area (Å²) in [6.07, 6.45) is 10.0. The number of aromatic nitrogens is 4. The highest BCUT2D eigenvalue weighted by Gasteiger charge is 2.44. The second-order valence-corrected chi connectivity index (χ2v) is 12.0. The number of morpholine rings is 1. The molecule has 11 heteroatoms. The summed E-state index contributed by atoms with van der Waals surface area (Å²) in [6.45, 7) is 6.06. The smallest absolute Gasteiger partial charge is 0.212 e. The average Bonchev–Trinajstić information content (AvgIpc) is 3.80. The van der Waals surface area contributed by atoms with Gasteiger partial charge in [0.1, 0.15) is 24.2 Å². The molecule has 0 spiro atoms. The fraction of sp³-hybridized carbons (Fsp3) is 0.438. The molecule has 4 atom stereocenters. The number of fused-ring (bicyclic) bond motifs is 5. The third kappa shape index (κ3) is 4.85. The van der Waals surface area contributed by atoms with Crippen LogP contribution in [0.4, 0.5) is 5.82 Å². The number of piperidine rings is 1. The molecule has 4 aromatic heterocycles. The molecule has 9 rings (SSSR count). The Morgan fingerprint density at radius 3 is 2.63 bits per heavy atom. The summed E-state index contributed by atoms with van der Waals surface area (Å²) in [4.78, 5) is 16.7. The highest BCUT2D eigenvalue weighted by molar-refractivity contribution is 5.85. The first-order valence-corrected chi connectivity index (χ1v) is 15.0. The molecular formula is C32H34N8O3. The molecular weight excluding hydrogens is 544 g/mol. The topological polar surface area (TPSA) is 104 Å². The quantitative estimate of drug-likeness (QED) is 0.294. The molecule has 5 aliphatic rings. The minimum atomic E-state index is 0.378. The van der Waals surface area contributed by atoms with Crippen molar-refractivity contribution >= 4 is 11.3 Å². The number of nitriles is 1. The lowest BCUT2D eigenvalue weighted by Crippen LogP contribution is -2.68. The molecule has 2 unspecified atom stereocenters. The summed E-state index contributed by atoms with van der Waals surface area (Å²) in [6, 6.07) is 14.0. The van der Waals surface area contributed by atoms with Crippen LogP contribution in [0, 0.1) is 11.3 Å². The van der Waals surface area contributed by atoms with Crippen LogP contribution in [0.25, 0.3) is 16.6 Å². The molecule has 0 N–H and O–H groups in total. The van der Waals surface area contributed by atoms with Gasteiger partial charge < -0.3 is 19.1 Å². The maximum absolute atomic E-state index is 9.78. The molecule has 0 saturated carbocycles. The lowest BCUT2D eigenvalue weighted by Gasteiger charge is -2.56. The van der Waals surface area contributed by atoms with E-state index >= 15 is 0 Å². The van der Waals surface area contributed by atoms with Crippen molar-refractivity contribution in [3.05, 3.63) is 66.2 Å². The van der Waals surface area contributed by atoms with E-state index in [9.17, 15) is 5.26 Å². The second kappa shape index (κ2) is 10.8. The zero-order valence-electron chi connectivity index (χ0n) is 24.2. The van der Waals surface area contributed by atoms with E-state index in [1.54, 1.807) is 17.8 Å². The van der Waals surface area contributed by atoms with Crippen molar-refractivity contribution in [2.75, 3.05) is 51.4 Å². The van der Waals surface area contributed by atoms with Gasteiger partial charge in [0.25, 0.3) is 0 Å². The molecule has 0 aliphatic carbocycles. The zero-order chi connectivity index (χ0) is 28.9. The molecule has 5 fully saturated rings. The Labute approximate surface area is 250 Å². The van der Waals surface area contributed by atoms with Crippen LogP contribution in [0.1, 0.15) is 24.0 Å². The number of hydrogen-bond acceptors (Lipinski definition) is 10. The fourth-order valence-electron chi connectivity index (χ4n) is 7.21. The first kappa shape index (κ1) is 26.4. The molecule has 4 aromatic rings. The number of hydrogen-bond donors (Lipinski definition) is 0. The fourth-order valence-corrected chi connectivity index (χ4v) is 7.21. The molecule has 0 amide bonds. The van der Waals surface area contributed by atoms with E-state index in [0.717, 1.165) is 74.0 Å². The lowest BCUT2D eigenvalue weighted by atomic mass is 9.87. The van der Waals surface area contributed by atoms with Gasteiger partial charge in [-0.2, -0.15) is 10.4 Å². The van der Waals surface area contributed by atoms with Gasteiger partial charge >= 0.3 is 0 Å². The van der Waals surface area contributed by atoms with Crippen LogP contribution >= 0.6 is 0 Å². The van der Waals surface area contributed by atoms with E-state index in [1.807, 2.05) is 30.7 Å². The van der Waals surface area contributed by atoms with E-state index in [2.05, 4.69) is 49.1 Å². The van der Waals surface area contributed by atoms with Crippen molar-refractivity contribution in [3.63, 3.8) is 0 Å². The number of anilines is 1. The summed E-state index contributed by atoms with van der Waals surface area (Å²) in [5.74, 6) is 2.35. The molecule has 11 nitrogen and oxygen atoms in total. The van der Waals surface area contributed by atoms with Gasteiger partial charge in [-0.1, -0.05) is 6.07 Å². The van der Waals surface area contributed by atoms with Crippen LogP contribution in [0.5, 0.6) is 11.6 Å². The van der Waals surface area contributed by atoms with Crippen LogP contribution in [-0.2, 0) is 11.3 Å². The Morgan fingerprint density at radius 2 is 1.93 bits per heavy atom. The normalized spacial score (nSPS) is 24.7. The Bertz CT molecular complexity index is 1660. The largest absolute Gasteiger partial charge is 0.491 e. The number of ether oxygens (including phenoxy) is 3. The predicted octanol–water partition coefficient (Wildman–Crippen LogP) is 2.99. The third-order valence-electron chi connectivity index (χ3n) is 9.47. The lowest BCUT2D eigenvalue weighted by molar-refractivity contribution is -0.00876. The predicted molar refractivity (Wildman–Crippen MR) is 159 cm³/mol. The first-order valence-electron chi connectivity index (χ1n) is 15.0. The van der Waals surface area contributed by atoms with Crippen LogP contribution in [0.2, 0.25) is 0 Å². The van der Waals surface area contributed by atoms with Gasteiger partial charge in [-0.05, 0) is 36.6 Å². The van der Waals surface area contributed by atoms with Gasteiger partial charge in [-0.15, -0.1) is 0 Å². The first-order chi connectivity index (χ1) is 21.1. The van der Waals surface area contributed by atoms with Crippen LogP contribution in [0.3, 0.4) is 0 Å². The van der Waals surface area contributed by atoms with E-state index in [0.29, 0.717) is 42.3 Å².